The summed E-state index contributed by atoms with van der Waals surface area (Å²) in [7, 11) is 0. The van der Waals surface area contributed by atoms with E-state index < -0.39 is 13.3 Å². The fourth-order valence-corrected chi connectivity index (χ4v) is 7.51. The Morgan fingerprint density at radius 3 is 2.33 bits per heavy atom. The Hall–Kier alpha value is -2.53. The third-order valence-electron chi connectivity index (χ3n) is 4.94. The van der Waals surface area contributed by atoms with Crippen molar-refractivity contribution in [1.82, 2.24) is 15.0 Å². The van der Waals surface area contributed by atoms with Crippen LogP contribution in [-0.4, -0.2) is 28.2 Å². The number of benzene rings is 2. The summed E-state index contributed by atoms with van der Waals surface area (Å²) in [6.45, 7) is 2.22. The number of hydrogen-bond donors (Lipinski definition) is 0. The molecule has 3 nitrogen and oxygen atoms in total. The van der Waals surface area contributed by atoms with Gasteiger partial charge in [0.05, 0.1) is 0 Å². The van der Waals surface area contributed by atoms with Crippen LogP contribution in [0.3, 0.4) is 0 Å². The third kappa shape index (κ3) is 3.52. The molecule has 0 radical (unpaired) electrons. The molecule has 0 saturated carbocycles. The molecule has 2 aromatic carbocycles. The van der Waals surface area contributed by atoms with Gasteiger partial charge in [0.2, 0.25) is 0 Å². The van der Waals surface area contributed by atoms with Crippen molar-refractivity contribution in [2.24, 2.45) is 0 Å². The van der Waals surface area contributed by atoms with E-state index in [4.69, 9.17) is 0 Å². The molecule has 0 N–H and O–H groups in total. The van der Waals surface area contributed by atoms with Gasteiger partial charge >= 0.3 is 157 Å². The molecular weight excluding hydrogens is 391 g/mol. The number of fused-ring (bicyclic) bond motifs is 1. The first-order valence-electron chi connectivity index (χ1n) is 9.20. The number of pyridine rings is 1. The van der Waals surface area contributed by atoms with Crippen LogP contribution in [0.15, 0.2) is 67.3 Å². The summed E-state index contributed by atoms with van der Waals surface area (Å²) >= 11 is -1.85. The molecule has 2 aromatic heterocycles. The van der Waals surface area contributed by atoms with Crippen LogP contribution in [0.25, 0.3) is 33.3 Å². The van der Waals surface area contributed by atoms with Gasteiger partial charge in [-0.3, -0.25) is 0 Å². The van der Waals surface area contributed by atoms with Gasteiger partial charge in [-0.15, -0.1) is 0 Å². The zero-order valence-electron chi connectivity index (χ0n) is 16.2. The predicted octanol–water partition coefficient (Wildman–Crippen LogP) is 5.21. The Morgan fingerprint density at radius 2 is 1.63 bits per heavy atom. The Bertz CT molecular complexity index is 1120. The van der Waals surface area contributed by atoms with Crippen LogP contribution in [0.4, 0.5) is 0 Å². The van der Waals surface area contributed by atoms with Gasteiger partial charge in [-0.1, -0.05) is 0 Å². The maximum atomic E-state index is 4.60. The number of aromatic nitrogens is 3. The van der Waals surface area contributed by atoms with Crippen LogP contribution in [-0.2, 0) is 0 Å². The number of hydrogen-bond acceptors (Lipinski definition) is 3. The number of aryl methyl sites for hydroxylation is 1. The minimum atomic E-state index is -1.85. The van der Waals surface area contributed by atoms with Gasteiger partial charge in [-0.25, -0.2) is 0 Å². The van der Waals surface area contributed by atoms with Gasteiger partial charge in [0, 0.05) is 6.20 Å². The topological polar surface area (TPSA) is 38.7 Å². The molecule has 0 atom stereocenters. The molecule has 0 aliphatic rings. The molecule has 0 aliphatic carbocycles. The standard InChI is InChI=1S/C23H23GeN3/c1-16-12-18(8-10-21(16)24(2,3)4)23-20-9-7-17(13-22(20)26-15-27-23)19-6-5-11-25-14-19/h5-15H,1-4H3. The molecule has 0 unspecified atom stereocenters. The average molecular weight is 414 g/mol. The summed E-state index contributed by atoms with van der Waals surface area (Å²) in [6, 6.07) is 17.2. The van der Waals surface area contributed by atoms with E-state index >= 15 is 0 Å². The third-order valence-corrected chi connectivity index (χ3v) is 9.51. The summed E-state index contributed by atoms with van der Waals surface area (Å²) in [5.41, 5.74) is 6.69. The van der Waals surface area contributed by atoms with E-state index in [1.54, 1.807) is 16.9 Å². The average Bonchev–Trinajstić information content (AvgIpc) is 2.66. The minimum absolute atomic E-state index is 0.955. The molecule has 0 aliphatic heterocycles. The van der Waals surface area contributed by atoms with Crippen molar-refractivity contribution in [2.75, 3.05) is 0 Å². The molecule has 0 spiro atoms. The SMILES string of the molecule is Cc1cc(-c2ncnc3cc(-c4cccnc4)ccc23)cc[c]1[Ge]([CH3])([CH3])[CH3]. The fraction of sp³-hybridized carbons (Fsp3) is 0.174. The first-order chi connectivity index (χ1) is 12.9. The van der Waals surface area contributed by atoms with Crippen molar-refractivity contribution in [3.05, 3.63) is 72.8 Å². The molecule has 0 saturated heterocycles. The Morgan fingerprint density at radius 1 is 0.815 bits per heavy atom. The first kappa shape index (κ1) is 17.9. The van der Waals surface area contributed by atoms with E-state index in [1.165, 1.54) is 5.56 Å². The summed E-state index contributed by atoms with van der Waals surface area (Å²) in [6.07, 6.45) is 5.33. The maximum absolute atomic E-state index is 4.60. The van der Waals surface area contributed by atoms with Gasteiger partial charge < -0.3 is 0 Å². The zero-order chi connectivity index (χ0) is 19.0. The van der Waals surface area contributed by atoms with Crippen molar-refractivity contribution < 1.29 is 0 Å². The van der Waals surface area contributed by atoms with E-state index in [1.807, 2.05) is 12.3 Å². The molecule has 2 heterocycles. The van der Waals surface area contributed by atoms with Crippen molar-refractivity contribution in [2.45, 2.75) is 24.2 Å². The number of nitrogens with zero attached hydrogens (tertiary/aromatic N) is 3. The first-order valence-corrected chi connectivity index (χ1v) is 16.5. The molecular formula is C23H23GeN3. The molecule has 4 aromatic rings. The zero-order valence-corrected chi connectivity index (χ0v) is 18.3. The van der Waals surface area contributed by atoms with E-state index in [0.29, 0.717) is 0 Å². The normalized spacial score (nSPS) is 11.7. The van der Waals surface area contributed by atoms with Gasteiger partial charge in [0.15, 0.2) is 0 Å². The predicted molar refractivity (Wildman–Crippen MR) is 116 cm³/mol. The van der Waals surface area contributed by atoms with Crippen LogP contribution in [0.5, 0.6) is 0 Å². The Labute approximate surface area is 162 Å². The van der Waals surface area contributed by atoms with Gasteiger partial charge in [0.25, 0.3) is 0 Å². The van der Waals surface area contributed by atoms with Gasteiger partial charge in [-0.05, 0) is 0 Å². The van der Waals surface area contributed by atoms with Crippen LogP contribution in [0.1, 0.15) is 5.56 Å². The van der Waals surface area contributed by atoms with E-state index in [9.17, 15) is 0 Å². The van der Waals surface area contributed by atoms with Crippen molar-refractivity contribution in [3.63, 3.8) is 0 Å². The second-order valence-electron chi connectivity index (χ2n) is 7.98. The van der Waals surface area contributed by atoms with Gasteiger partial charge in [-0.2, -0.15) is 0 Å². The van der Waals surface area contributed by atoms with Crippen molar-refractivity contribution in [1.29, 1.82) is 0 Å². The quantitative estimate of drug-likeness (QED) is 0.432. The molecule has 0 bridgehead atoms. The summed E-state index contributed by atoms with van der Waals surface area (Å²) < 4.78 is 1.55. The molecule has 4 heteroatoms. The molecule has 27 heavy (non-hydrogen) atoms. The summed E-state index contributed by atoms with van der Waals surface area (Å²) in [4.78, 5) is 13.3. The fourth-order valence-electron chi connectivity index (χ4n) is 3.65. The second kappa shape index (κ2) is 6.89. The summed E-state index contributed by atoms with van der Waals surface area (Å²) in [5, 5.41) is 1.08. The molecule has 0 amide bonds. The monoisotopic (exact) mass is 415 g/mol. The summed E-state index contributed by atoms with van der Waals surface area (Å²) in [5.74, 6) is 7.30. The van der Waals surface area contributed by atoms with E-state index in [-0.39, 0.29) is 0 Å². The van der Waals surface area contributed by atoms with Crippen LogP contribution in [0.2, 0.25) is 17.3 Å². The molecule has 134 valence electrons. The van der Waals surface area contributed by atoms with Crippen molar-refractivity contribution >= 4 is 28.6 Å². The van der Waals surface area contributed by atoms with Crippen LogP contribution in [0, 0.1) is 6.92 Å². The van der Waals surface area contributed by atoms with E-state index in [2.05, 4.69) is 81.6 Å². The van der Waals surface area contributed by atoms with E-state index in [0.717, 1.165) is 33.3 Å². The number of rotatable bonds is 3. The van der Waals surface area contributed by atoms with Gasteiger partial charge in [0.1, 0.15) is 0 Å². The Kier molecular flexibility index (Phi) is 4.56. The molecule has 0 fully saturated rings. The Balaban J connectivity index is 1.83. The van der Waals surface area contributed by atoms with Crippen LogP contribution >= 0.6 is 0 Å². The molecule has 4 rings (SSSR count). The van der Waals surface area contributed by atoms with Crippen LogP contribution < -0.4 is 4.40 Å². The second-order valence-corrected chi connectivity index (χ2v) is 18.5. The van der Waals surface area contributed by atoms with Crippen molar-refractivity contribution in [3.8, 4) is 22.4 Å².